The number of nitrogens with zero attached hydrogens (tertiary/aromatic N) is 4. The fourth-order valence-corrected chi connectivity index (χ4v) is 3.23. The summed E-state index contributed by atoms with van der Waals surface area (Å²) in [5, 5.41) is 14.8. The van der Waals surface area contributed by atoms with Gasteiger partial charge in [-0.3, -0.25) is 9.20 Å². The Balaban J connectivity index is 1.63. The van der Waals surface area contributed by atoms with Crippen LogP contribution in [0.15, 0.2) is 18.2 Å². The highest BCUT2D eigenvalue weighted by Gasteiger charge is 2.17. The summed E-state index contributed by atoms with van der Waals surface area (Å²) in [5.41, 5.74) is 2.45. The maximum atomic E-state index is 12.0. The normalized spacial score (nSPS) is 12.5. The molecule has 0 spiro atoms. The lowest BCUT2D eigenvalue weighted by Gasteiger charge is -2.14. The molecule has 1 atom stereocenters. The lowest BCUT2D eigenvalue weighted by molar-refractivity contribution is -0.121. The van der Waals surface area contributed by atoms with Crippen molar-refractivity contribution in [2.45, 2.75) is 38.4 Å². The SMILES string of the molecule is COc1ccc2c(c1)nc(NCCCCNC(=O)C(Br)C(C)C)c1nnc(C)n12. The van der Waals surface area contributed by atoms with Crippen molar-refractivity contribution in [3.63, 3.8) is 0 Å². The fourth-order valence-electron chi connectivity index (χ4n) is 3.07. The number of aromatic nitrogens is 4. The first kappa shape index (κ1) is 21.3. The molecule has 0 aliphatic rings. The lowest BCUT2D eigenvalue weighted by atomic mass is 10.1. The van der Waals surface area contributed by atoms with Gasteiger partial charge in [-0.05, 0) is 37.8 Å². The first-order valence-corrected chi connectivity index (χ1v) is 10.7. The Morgan fingerprint density at radius 1 is 1.24 bits per heavy atom. The first-order chi connectivity index (χ1) is 13.9. The molecule has 2 heterocycles. The van der Waals surface area contributed by atoms with Crippen molar-refractivity contribution in [3.8, 4) is 5.75 Å². The minimum atomic E-state index is -0.149. The highest BCUT2D eigenvalue weighted by molar-refractivity contribution is 9.10. The van der Waals surface area contributed by atoms with Crippen LogP contribution in [0.3, 0.4) is 0 Å². The third-order valence-electron chi connectivity index (χ3n) is 4.72. The number of anilines is 1. The quantitative estimate of drug-likeness (QED) is 0.374. The van der Waals surface area contributed by atoms with Gasteiger partial charge in [-0.25, -0.2) is 4.98 Å². The second-order valence-corrected chi connectivity index (χ2v) is 8.28. The van der Waals surface area contributed by atoms with Crippen molar-refractivity contribution in [2.75, 3.05) is 25.5 Å². The number of benzene rings is 1. The van der Waals surface area contributed by atoms with E-state index in [1.165, 1.54) is 0 Å². The lowest BCUT2D eigenvalue weighted by Crippen LogP contribution is -2.34. The molecular formula is C20H27BrN6O2. The van der Waals surface area contributed by atoms with Crippen LogP contribution < -0.4 is 15.4 Å². The van der Waals surface area contributed by atoms with E-state index in [2.05, 4.69) is 36.8 Å². The molecule has 0 aliphatic carbocycles. The smallest absolute Gasteiger partial charge is 0.234 e. The minimum absolute atomic E-state index is 0.0405. The fraction of sp³-hybridized carbons (Fsp3) is 0.500. The predicted octanol–water partition coefficient (Wildman–Crippen LogP) is 3.32. The number of methoxy groups -OCH3 is 1. The number of rotatable bonds is 9. The molecule has 9 heteroatoms. The zero-order chi connectivity index (χ0) is 21.0. The van der Waals surface area contributed by atoms with E-state index in [0.717, 1.165) is 42.0 Å². The molecule has 156 valence electrons. The first-order valence-electron chi connectivity index (χ1n) is 9.77. The number of ether oxygens (including phenoxy) is 1. The topological polar surface area (TPSA) is 93.4 Å². The van der Waals surface area contributed by atoms with Gasteiger partial charge < -0.3 is 15.4 Å². The van der Waals surface area contributed by atoms with E-state index in [0.29, 0.717) is 18.0 Å². The van der Waals surface area contributed by atoms with Crippen LogP contribution in [-0.2, 0) is 4.79 Å². The molecule has 3 rings (SSSR count). The predicted molar refractivity (Wildman–Crippen MR) is 118 cm³/mol. The Morgan fingerprint density at radius 2 is 2.00 bits per heavy atom. The maximum absolute atomic E-state index is 12.0. The molecule has 2 aromatic heterocycles. The number of fused-ring (bicyclic) bond motifs is 3. The molecule has 0 saturated heterocycles. The van der Waals surface area contributed by atoms with Crippen molar-refractivity contribution in [1.29, 1.82) is 0 Å². The molecule has 0 bridgehead atoms. The summed E-state index contributed by atoms with van der Waals surface area (Å²) in [6.07, 6.45) is 1.77. The molecule has 1 amide bonds. The number of hydrogen-bond donors (Lipinski definition) is 2. The molecule has 1 unspecified atom stereocenters. The number of aryl methyl sites for hydroxylation is 1. The van der Waals surface area contributed by atoms with Crippen molar-refractivity contribution in [2.24, 2.45) is 5.92 Å². The summed E-state index contributed by atoms with van der Waals surface area (Å²) in [4.78, 5) is 16.5. The third kappa shape index (κ3) is 4.77. The Kier molecular flexibility index (Phi) is 6.89. The van der Waals surface area contributed by atoms with Gasteiger partial charge in [0.2, 0.25) is 11.6 Å². The van der Waals surface area contributed by atoms with Gasteiger partial charge in [0.25, 0.3) is 0 Å². The molecule has 0 fully saturated rings. The van der Waals surface area contributed by atoms with Crippen LogP contribution in [0.25, 0.3) is 16.7 Å². The van der Waals surface area contributed by atoms with Gasteiger partial charge in [-0.2, -0.15) is 0 Å². The molecular weight excluding hydrogens is 436 g/mol. The van der Waals surface area contributed by atoms with Gasteiger partial charge in [0.1, 0.15) is 11.6 Å². The number of unbranched alkanes of at least 4 members (excludes halogenated alkanes) is 1. The molecule has 0 aliphatic heterocycles. The average Bonchev–Trinajstić information content (AvgIpc) is 3.11. The number of carbonyl (C=O) groups is 1. The highest BCUT2D eigenvalue weighted by Crippen LogP contribution is 2.25. The van der Waals surface area contributed by atoms with Crippen LogP contribution in [0.5, 0.6) is 5.75 Å². The molecule has 8 nitrogen and oxygen atoms in total. The number of hydrogen-bond acceptors (Lipinski definition) is 6. The Bertz CT molecular complexity index is 1000. The monoisotopic (exact) mass is 462 g/mol. The van der Waals surface area contributed by atoms with Crippen LogP contribution in [-0.4, -0.2) is 50.5 Å². The molecule has 0 radical (unpaired) electrons. The zero-order valence-electron chi connectivity index (χ0n) is 17.2. The van der Waals surface area contributed by atoms with E-state index in [1.807, 2.05) is 43.4 Å². The molecule has 3 aromatic rings. The Labute approximate surface area is 178 Å². The summed E-state index contributed by atoms with van der Waals surface area (Å²) in [5.74, 6) is 2.55. The second-order valence-electron chi connectivity index (χ2n) is 7.29. The zero-order valence-corrected chi connectivity index (χ0v) is 18.8. The third-order valence-corrected chi connectivity index (χ3v) is 6.20. The van der Waals surface area contributed by atoms with Gasteiger partial charge in [0, 0.05) is 19.2 Å². The summed E-state index contributed by atoms with van der Waals surface area (Å²) >= 11 is 3.42. The standard InChI is InChI=1S/C20H27BrN6O2/c1-12(2)17(21)20(28)23-10-6-5-9-22-18-19-26-25-13(3)27(19)16-8-7-14(29-4)11-15(16)24-18/h7-8,11-12,17H,5-6,9-10H2,1-4H3,(H,22,24)(H,23,28). The van der Waals surface area contributed by atoms with E-state index >= 15 is 0 Å². The van der Waals surface area contributed by atoms with E-state index in [9.17, 15) is 4.79 Å². The van der Waals surface area contributed by atoms with E-state index < -0.39 is 0 Å². The van der Waals surface area contributed by atoms with Gasteiger partial charge in [0.05, 0.1) is 23.0 Å². The molecule has 2 N–H and O–H groups in total. The van der Waals surface area contributed by atoms with E-state index in [1.54, 1.807) is 7.11 Å². The van der Waals surface area contributed by atoms with Gasteiger partial charge in [-0.1, -0.05) is 29.8 Å². The minimum Gasteiger partial charge on any atom is -0.497 e. The van der Waals surface area contributed by atoms with Gasteiger partial charge in [0.15, 0.2) is 5.82 Å². The summed E-state index contributed by atoms with van der Waals surface area (Å²) in [6.45, 7) is 7.33. The van der Waals surface area contributed by atoms with Crippen LogP contribution in [0.4, 0.5) is 5.82 Å². The molecule has 1 aromatic carbocycles. The number of carbonyl (C=O) groups excluding carboxylic acids is 1. The summed E-state index contributed by atoms with van der Waals surface area (Å²) < 4.78 is 7.32. The number of halogens is 1. The highest BCUT2D eigenvalue weighted by atomic mass is 79.9. The maximum Gasteiger partial charge on any atom is 0.234 e. The van der Waals surface area contributed by atoms with Crippen LogP contribution in [0, 0.1) is 12.8 Å². The summed E-state index contributed by atoms with van der Waals surface area (Å²) in [6, 6.07) is 5.77. The Morgan fingerprint density at radius 3 is 2.72 bits per heavy atom. The Hall–Kier alpha value is -2.42. The van der Waals surface area contributed by atoms with E-state index in [4.69, 9.17) is 9.72 Å². The van der Waals surface area contributed by atoms with Crippen molar-refractivity contribution in [3.05, 3.63) is 24.0 Å². The van der Waals surface area contributed by atoms with Crippen molar-refractivity contribution in [1.82, 2.24) is 24.9 Å². The number of alkyl halides is 1. The van der Waals surface area contributed by atoms with Gasteiger partial charge in [-0.15, -0.1) is 10.2 Å². The average molecular weight is 463 g/mol. The van der Waals surface area contributed by atoms with Crippen LogP contribution >= 0.6 is 15.9 Å². The van der Waals surface area contributed by atoms with Crippen molar-refractivity contribution < 1.29 is 9.53 Å². The molecule has 29 heavy (non-hydrogen) atoms. The van der Waals surface area contributed by atoms with Crippen molar-refractivity contribution >= 4 is 44.3 Å². The number of nitrogens with one attached hydrogen (secondary N) is 2. The molecule has 0 saturated carbocycles. The second kappa shape index (κ2) is 9.39. The van der Waals surface area contributed by atoms with Crippen LogP contribution in [0.2, 0.25) is 0 Å². The summed E-state index contributed by atoms with van der Waals surface area (Å²) in [7, 11) is 1.64. The van der Waals surface area contributed by atoms with Gasteiger partial charge >= 0.3 is 0 Å². The van der Waals surface area contributed by atoms with E-state index in [-0.39, 0.29) is 16.7 Å². The number of amides is 1. The largest absolute Gasteiger partial charge is 0.497 e. The van der Waals surface area contributed by atoms with Crippen LogP contribution in [0.1, 0.15) is 32.5 Å².